The minimum atomic E-state index is -0.102. The van der Waals surface area contributed by atoms with Crippen LogP contribution in [0.1, 0.15) is 110 Å². The van der Waals surface area contributed by atoms with Crippen molar-refractivity contribution in [3.8, 4) is 10.4 Å². The van der Waals surface area contributed by atoms with E-state index in [1.54, 1.807) is 0 Å². The number of unbranched alkanes of at least 4 members (excludes halogenated alkanes) is 6. The molecule has 2 aromatic rings. The topological polar surface area (TPSA) is 47.0 Å². The van der Waals surface area contributed by atoms with Gasteiger partial charge >= 0.3 is 0 Å². The molecule has 0 aliphatic heterocycles. The smallest absolute Gasteiger partial charge is 0.178 e. The van der Waals surface area contributed by atoms with Crippen LogP contribution in [0.15, 0.2) is 18.2 Å². The summed E-state index contributed by atoms with van der Waals surface area (Å²) >= 11 is 1.82. The molecule has 0 aromatic carbocycles. The third kappa shape index (κ3) is 7.18. The summed E-state index contributed by atoms with van der Waals surface area (Å²) < 4.78 is 0. The predicted molar refractivity (Wildman–Crippen MR) is 123 cm³/mol. The summed E-state index contributed by atoms with van der Waals surface area (Å²) in [5.41, 5.74) is 3.07. The van der Waals surface area contributed by atoms with Gasteiger partial charge in [0.15, 0.2) is 11.6 Å². The summed E-state index contributed by atoms with van der Waals surface area (Å²) in [6, 6.07) is 6.08. The Balaban J connectivity index is 2.35. The van der Waals surface area contributed by atoms with Crippen LogP contribution in [0.25, 0.3) is 10.4 Å². The van der Waals surface area contributed by atoms with Crippen LogP contribution in [0.4, 0.5) is 0 Å². The van der Waals surface area contributed by atoms with E-state index in [0.29, 0.717) is 11.4 Å². The molecule has 0 fully saturated rings. The Labute approximate surface area is 180 Å². The number of hydrogen-bond donors (Lipinski definition) is 0. The Bertz CT molecular complexity index is 790. The highest BCUT2D eigenvalue weighted by atomic mass is 32.1. The largest absolute Gasteiger partial charge is 0.293 e. The van der Waals surface area contributed by atoms with Gasteiger partial charge in [0.05, 0.1) is 0 Å². The Hall–Kier alpha value is -1.81. The molecule has 0 bridgehead atoms. The van der Waals surface area contributed by atoms with Crippen LogP contribution >= 0.6 is 11.3 Å². The Morgan fingerprint density at radius 1 is 0.793 bits per heavy atom. The lowest BCUT2D eigenvalue weighted by Crippen LogP contribution is -2.04. The molecule has 2 heterocycles. The second-order valence-electron chi connectivity index (χ2n) is 7.93. The molecule has 29 heavy (non-hydrogen) atoms. The van der Waals surface area contributed by atoms with Crippen molar-refractivity contribution in [3.63, 3.8) is 0 Å². The predicted octanol–water partition coefficient (Wildman–Crippen LogP) is 7.46. The van der Waals surface area contributed by atoms with Gasteiger partial charge in [-0.3, -0.25) is 9.59 Å². The second kappa shape index (κ2) is 12.0. The molecular weight excluding hydrogens is 378 g/mol. The molecule has 0 atom stereocenters. The van der Waals surface area contributed by atoms with Crippen molar-refractivity contribution < 1.29 is 9.59 Å². The fraction of sp³-hybridized carbons (Fsp3) is 0.560. The average Bonchev–Trinajstić information content (AvgIpc) is 3.11. The number of nitrogens with zero attached hydrogens (tertiary/aromatic N) is 1. The normalized spacial score (nSPS) is 11.0. The zero-order valence-corrected chi connectivity index (χ0v) is 19.3. The minimum absolute atomic E-state index is 0.102. The number of carbonyl (C=O) groups is 2. The Kier molecular flexibility index (Phi) is 9.72. The quantitative estimate of drug-likeness (QED) is 0.253. The fourth-order valence-corrected chi connectivity index (χ4v) is 4.77. The van der Waals surface area contributed by atoms with Gasteiger partial charge in [-0.05, 0) is 55.0 Å². The highest BCUT2D eigenvalue weighted by Gasteiger charge is 2.16. The number of hydrogen-bond acceptors (Lipinski definition) is 4. The van der Waals surface area contributed by atoms with E-state index in [2.05, 4.69) is 24.9 Å². The van der Waals surface area contributed by atoms with Crippen molar-refractivity contribution in [2.24, 2.45) is 0 Å². The molecule has 0 spiro atoms. The molecule has 0 N–H and O–H groups in total. The Morgan fingerprint density at radius 2 is 1.34 bits per heavy atom. The standard InChI is InChI=1S/C25H35NO2S/c1-5-7-9-11-13-20-15-22(14-12-10-8-6-2)29-25(20)21-16-23(18(3)27)26-24(17-21)19(4)28/h15-17H,5-14H2,1-4H3. The van der Waals surface area contributed by atoms with Crippen molar-refractivity contribution in [2.75, 3.05) is 0 Å². The monoisotopic (exact) mass is 413 g/mol. The maximum atomic E-state index is 12.0. The van der Waals surface area contributed by atoms with E-state index in [-0.39, 0.29) is 11.6 Å². The van der Waals surface area contributed by atoms with Gasteiger partial charge in [-0.1, -0.05) is 52.4 Å². The number of carbonyl (C=O) groups excluding carboxylic acids is 2. The number of pyridine rings is 1. The molecule has 0 saturated heterocycles. The molecule has 0 radical (unpaired) electrons. The number of ketones is 2. The van der Waals surface area contributed by atoms with Crippen LogP contribution in [0.3, 0.4) is 0 Å². The van der Waals surface area contributed by atoms with Crippen LogP contribution in [0.2, 0.25) is 0 Å². The Morgan fingerprint density at radius 3 is 1.86 bits per heavy atom. The molecule has 0 aliphatic carbocycles. The molecular formula is C25H35NO2S. The summed E-state index contributed by atoms with van der Waals surface area (Å²) in [4.78, 5) is 30.8. The van der Waals surface area contributed by atoms with Gasteiger partial charge in [-0.25, -0.2) is 4.98 Å². The van der Waals surface area contributed by atoms with Crippen LogP contribution < -0.4 is 0 Å². The molecule has 3 nitrogen and oxygen atoms in total. The summed E-state index contributed by atoms with van der Waals surface area (Å²) in [5.74, 6) is -0.203. The molecule has 0 amide bonds. The molecule has 2 rings (SSSR count). The number of aromatic nitrogens is 1. The molecule has 2 aromatic heterocycles. The number of rotatable bonds is 13. The summed E-state index contributed by atoms with van der Waals surface area (Å²) in [5, 5.41) is 0. The van der Waals surface area contributed by atoms with E-state index in [1.165, 1.54) is 80.5 Å². The lowest BCUT2D eigenvalue weighted by molar-refractivity contribution is 0.101. The molecule has 0 unspecified atom stereocenters. The second-order valence-corrected chi connectivity index (χ2v) is 9.06. The van der Waals surface area contributed by atoms with Crippen molar-refractivity contribution in [1.29, 1.82) is 0 Å². The SMILES string of the molecule is CCCCCCc1cc(CCCCCC)c(-c2cc(C(C)=O)nc(C(C)=O)c2)s1. The zero-order valence-electron chi connectivity index (χ0n) is 18.5. The van der Waals surface area contributed by atoms with Gasteiger partial charge in [0.2, 0.25) is 0 Å². The summed E-state index contributed by atoms with van der Waals surface area (Å²) in [6.45, 7) is 7.48. The van der Waals surface area contributed by atoms with E-state index in [9.17, 15) is 9.59 Å². The highest BCUT2D eigenvalue weighted by Crippen LogP contribution is 2.35. The number of Topliss-reactive ketones (excluding diaryl/α,β-unsaturated/α-hetero) is 2. The van der Waals surface area contributed by atoms with Gasteiger partial charge < -0.3 is 0 Å². The third-order valence-electron chi connectivity index (χ3n) is 5.25. The van der Waals surface area contributed by atoms with Crippen molar-refractivity contribution >= 4 is 22.9 Å². The van der Waals surface area contributed by atoms with Gasteiger partial charge in [0.25, 0.3) is 0 Å². The van der Waals surface area contributed by atoms with Crippen molar-refractivity contribution in [1.82, 2.24) is 4.98 Å². The van der Waals surface area contributed by atoms with Crippen molar-refractivity contribution in [2.45, 2.75) is 91.9 Å². The van der Waals surface area contributed by atoms with Crippen LogP contribution in [0, 0.1) is 0 Å². The van der Waals surface area contributed by atoms with Gasteiger partial charge in [-0.2, -0.15) is 0 Å². The maximum absolute atomic E-state index is 12.0. The van der Waals surface area contributed by atoms with E-state index >= 15 is 0 Å². The van der Waals surface area contributed by atoms with Crippen LogP contribution in [-0.4, -0.2) is 16.6 Å². The summed E-state index contributed by atoms with van der Waals surface area (Å²) in [7, 11) is 0. The van der Waals surface area contributed by atoms with Gasteiger partial charge in [-0.15, -0.1) is 11.3 Å². The van der Waals surface area contributed by atoms with Crippen LogP contribution in [0.5, 0.6) is 0 Å². The van der Waals surface area contributed by atoms with Gasteiger partial charge in [0, 0.05) is 23.6 Å². The minimum Gasteiger partial charge on any atom is -0.293 e. The van der Waals surface area contributed by atoms with Gasteiger partial charge in [0.1, 0.15) is 11.4 Å². The fourth-order valence-electron chi connectivity index (χ4n) is 3.53. The first-order chi connectivity index (χ1) is 14.0. The third-order valence-corrected chi connectivity index (χ3v) is 6.53. The lowest BCUT2D eigenvalue weighted by atomic mass is 10.0. The highest BCUT2D eigenvalue weighted by molar-refractivity contribution is 7.15. The van der Waals surface area contributed by atoms with Crippen molar-refractivity contribution in [3.05, 3.63) is 40.0 Å². The molecule has 4 heteroatoms. The zero-order chi connectivity index (χ0) is 21.2. The first-order valence-corrected chi connectivity index (χ1v) is 11.9. The molecule has 0 aliphatic rings. The van der Waals surface area contributed by atoms with E-state index in [4.69, 9.17) is 0 Å². The first-order valence-electron chi connectivity index (χ1n) is 11.1. The molecule has 158 valence electrons. The van der Waals surface area contributed by atoms with Crippen LogP contribution in [-0.2, 0) is 12.8 Å². The van der Waals surface area contributed by atoms with E-state index in [0.717, 1.165) is 18.4 Å². The maximum Gasteiger partial charge on any atom is 0.178 e. The summed E-state index contributed by atoms with van der Waals surface area (Å²) in [6.07, 6.45) is 12.1. The number of aryl methyl sites for hydroxylation is 2. The number of thiophene rings is 1. The molecule has 0 saturated carbocycles. The van der Waals surface area contributed by atoms with E-state index in [1.807, 2.05) is 23.5 Å². The average molecular weight is 414 g/mol. The first kappa shape index (κ1) is 23.5. The lowest BCUT2D eigenvalue weighted by Gasteiger charge is -2.07. The van der Waals surface area contributed by atoms with E-state index < -0.39 is 0 Å².